The van der Waals surface area contributed by atoms with Gasteiger partial charge in [-0.05, 0) is 25.7 Å². The highest BCUT2D eigenvalue weighted by Crippen LogP contribution is 2.25. The van der Waals surface area contributed by atoms with Gasteiger partial charge < -0.3 is 16.6 Å². The maximum Gasteiger partial charge on any atom is 0.323 e. The van der Waals surface area contributed by atoms with Crippen LogP contribution in [-0.4, -0.2) is 22.7 Å². The molecule has 0 aromatic heterocycles. The zero-order chi connectivity index (χ0) is 8.48. The third kappa shape index (κ3) is 1.70. The molecule has 0 spiro atoms. The Morgan fingerprint density at radius 2 is 1.91 bits per heavy atom. The number of nitrogens with two attached hydrogens (primary N) is 2. The summed E-state index contributed by atoms with van der Waals surface area (Å²) >= 11 is 0. The summed E-state index contributed by atoms with van der Waals surface area (Å²) in [7, 11) is 0. The fraction of sp³-hybridized carbons (Fsp3) is 0.857. The topological polar surface area (TPSA) is 89.3 Å². The van der Waals surface area contributed by atoms with E-state index in [1.807, 2.05) is 0 Å². The van der Waals surface area contributed by atoms with Gasteiger partial charge in [-0.25, -0.2) is 0 Å². The van der Waals surface area contributed by atoms with Crippen LogP contribution in [-0.2, 0) is 4.79 Å². The minimum Gasteiger partial charge on any atom is -0.480 e. The van der Waals surface area contributed by atoms with Gasteiger partial charge in [-0.15, -0.1) is 0 Å². The van der Waals surface area contributed by atoms with Gasteiger partial charge in [-0.1, -0.05) is 0 Å². The standard InChI is InChI=1S/C7H14N2O2/c8-5-1-3-7(9,4-2-5)6(10)11/h5H,1-4,8-9H2,(H,10,11)/t5-,7+. The van der Waals surface area contributed by atoms with Gasteiger partial charge in [-0.2, -0.15) is 0 Å². The molecule has 0 aromatic carbocycles. The van der Waals surface area contributed by atoms with Crippen LogP contribution in [0.15, 0.2) is 0 Å². The molecule has 0 unspecified atom stereocenters. The van der Waals surface area contributed by atoms with Crippen LogP contribution in [0.25, 0.3) is 0 Å². The summed E-state index contributed by atoms with van der Waals surface area (Å²) in [6.07, 6.45) is 2.46. The average Bonchev–Trinajstić information content (AvgIpc) is 1.95. The second-order valence-electron chi connectivity index (χ2n) is 3.30. The molecule has 1 aliphatic rings. The number of rotatable bonds is 1. The van der Waals surface area contributed by atoms with Crippen LogP contribution in [0.4, 0.5) is 0 Å². The number of carbonyl (C=O) groups is 1. The van der Waals surface area contributed by atoms with Crippen LogP contribution < -0.4 is 11.5 Å². The Morgan fingerprint density at radius 3 is 2.27 bits per heavy atom. The van der Waals surface area contributed by atoms with Gasteiger partial charge in [0, 0.05) is 6.04 Å². The normalized spacial score (nSPS) is 38.5. The van der Waals surface area contributed by atoms with E-state index in [1.54, 1.807) is 0 Å². The maximum absolute atomic E-state index is 10.6. The molecule has 0 amide bonds. The van der Waals surface area contributed by atoms with Crippen molar-refractivity contribution in [2.24, 2.45) is 11.5 Å². The Kier molecular flexibility index (Phi) is 2.15. The number of hydrogen-bond acceptors (Lipinski definition) is 3. The van der Waals surface area contributed by atoms with Crippen molar-refractivity contribution in [1.82, 2.24) is 0 Å². The van der Waals surface area contributed by atoms with Crippen LogP contribution >= 0.6 is 0 Å². The predicted molar refractivity (Wildman–Crippen MR) is 41.0 cm³/mol. The summed E-state index contributed by atoms with van der Waals surface area (Å²) in [5.41, 5.74) is 10.2. The first kappa shape index (κ1) is 8.49. The fourth-order valence-electron chi connectivity index (χ4n) is 1.37. The number of hydrogen-bond donors (Lipinski definition) is 3. The Labute approximate surface area is 65.6 Å². The molecular weight excluding hydrogens is 144 g/mol. The van der Waals surface area contributed by atoms with Gasteiger partial charge in [0.1, 0.15) is 5.54 Å². The minimum atomic E-state index is -1.00. The molecule has 11 heavy (non-hydrogen) atoms. The molecular formula is C7H14N2O2. The molecule has 4 nitrogen and oxygen atoms in total. The SMILES string of the molecule is N[C@H]1CC[C@](N)(C(=O)O)CC1. The lowest BCUT2D eigenvalue weighted by Gasteiger charge is -2.31. The van der Waals surface area contributed by atoms with Crippen LogP contribution in [0.3, 0.4) is 0 Å². The third-order valence-electron chi connectivity index (χ3n) is 2.35. The molecule has 0 heterocycles. The molecule has 0 bridgehead atoms. The van der Waals surface area contributed by atoms with E-state index < -0.39 is 11.5 Å². The Balaban J connectivity index is 2.55. The first-order valence-electron chi connectivity index (χ1n) is 3.82. The highest BCUT2D eigenvalue weighted by Gasteiger charge is 2.37. The van der Waals surface area contributed by atoms with Gasteiger partial charge in [0.25, 0.3) is 0 Å². The molecule has 0 atom stereocenters. The molecule has 0 aliphatic heterocycles. The van der Waals surface area contributed by atoms with E-state index in [2.05, 4.69) is 0 Å². The molecule has 5 N–H and O–H groups in total. The zero-order valence-electron chi connectivity index (χ0n) is 6.42. The van der Waals surface area contributed by atoms with E-state index in [0.29, 0.717) is 12.8 Å². The van der Waals surface area contributed by atoms with Crippen molar-refractivity contribution in [2.75, 3.05) is 0 Å². The predicted octanol–water partition coefficient (Wildman–Crippen LogP) is -0.330. The summed E-state index contributed by atoms with van der Waals surface area (Å²) in [5.74, 6) is -0.899. The van der Waals surface area contributed by atoms with E-state index in [9.17, 15) is 4.79 Å². The Hall–Kier alpha value is -0.610. The highest BCUT2D eigenvalue weighted by atomic mass is 16.4. The van der Waals surface area contributed by atoms with Crippen molar-refractivity contribution >= 4 is 5.97 Å². The summed E-state index contributed by atoms with van der Waals surface area (Å²) < 4.78 is 0. The summed E-state index contributed by atoms with van der Waals surface area (Å²) in [4.78, 5) is 10.6. The molecule has 0 radical (unpaired) electrons. The van der Waals surface area contributed by atoms with Gasteiger partial charge in [0.05, 0.1) is 0 Å². The van der Waals surface area contributed by atoms with Gasteiger partial charge in [0.2, 0.25) is 0 Å². The van der Waals surface area contributed by atoms with Crippen LogP contribution in [0.2, 0.25) is 0 Å². The Bertz CT molecular complexity index is 162. The second kappa shape index (κ2) is 2.79. The number of carboxylic acid groups (broad SMARTS) is 1. The molecule has 1 saturated carbocycles. The van der Waals surface area contributed by atoms with Crippen molar-refractivity contribution in [2.45, 2.75) is 37.3 Å². The summed E-state index contributed by atoms with van der Waals surface area (Å²) in [6.45, 7) is 0. The number of carboxylic acids is 1. The maximum atomic E-state index is 10.6. The fourth-order valence-corrected chi connectivity index (χ4v) is 1.37. The van der Waals surface area contributed by atoms with Crippen molar-refractivity contribution in [3.63, 3.8) is 0 Å². The third-order valence-corrected chi connectivity index (χ3v) is 2.35. The van der Waals surface area contributed by atoms with Crippen molar-refractivity contribution in [3.8, 4) is 0 Å². The Morgan fingerprint density at radius 1 is 1.45 bits per heavy atom. The minimum absolute atomic E-state index is 0.144. The lowest BCUT2D eigenvalue weighted by Crippen LogP contribution is -2.52. The molecule has 0 saturated heterocycles. The van der Waals surface area contributed by atoms with Crippen molar-refractivity contribution in [1.29, 1.82) is 0 Å². The van der Waals surface area contributed by atoms with E-state index in [0.717, 1.165) is 12.8 Å². The molecule has 1 aliphatic carbocycles. The molecule has 1 rings (SSSR count). The van der Waals surface area contributed by atoms with Crippen LogP contribution in [0, 0.1) is 0 Å². The van der Waals surface area contributed by atoms with Crippen molar-refractivity contribution < 1.29 is 9.90 Å². The lowest BCUT2D eigenvalue weighted by atomic mass is 9.80. The van der Waals surface area contributed by atoms with E-state index in [-0.39, 0.29) is 6.04 Å². The average molecular weight is 158 g/mol. The summed E-state index contributed by atoms with van der Waals surface area (Å²) in [5, 5.41) is 8.72. The lowest BCUT2D eigenvalue weighted by molar-refractivity contribution is -0.144. The molecule has 1 fully saturated rings. The molecule has 0 aromatic rings. The largest absolute Gasteiger partial charge is 0.480 e. The second-order valence-corrected chi connectivity index (χ2v) is 3.30. The zero-order valence-corrected chi connectivity index (χ0v) is 6.42. The van der Waals surface area contributed by atoms with Gasteiger partial charge in [0.15, 0.2) is 0 Å². The van der Waals surface area contributed by atoms with Gasteiger partial charge >= 0.3 is 5.97 Å². The monoisotopic (exact) mass is 158 g/mol. The van der Waals surface area contributed by atoms with E-state index in [4.69, 9.17) is 16.6 Å². The molecule has 64 valence electrons. The van der Waals surface area contributed by atoms with E-state index >= 15 is 0 Å². The van der Waals surface area contributed by atoms with Crippen LogP contribution in [0.1, 0.15) is 25.7 Å². The molecule has 4 heteroatoms. The highest BCUT2D eigenvalue weighted by molar-refractivity contribution is 5.78. The quantitative estimate of drug-likeness (QED) is 0.487. The van der Waals surface area contributed by atoms with E-state index in [1.165, 1.54) is 0 Å². The number of aliphatic carboxylic acids is 1. The van der Waals surface area contributed by atoms with Crippen molar-refractivity contribution in [3.05, 3.63) is 0 Å². The first-order chi connectivity index (χ1) is 5.04. The first-order valence-corrected chi connectivity index (χ1v) is 3.82. The smallest absolute Gasteiger partial charge is 0.323 e. The van der Waals surface area contributed by atoms with Gasteiger partial charge in [-0.3, -0.25) is 4.79 Å². The summed E-state index contributed by atoms with van der Waals surface area (Å²) in [6, 6.07) is 0.144. The van der Waals surface area contributed by atoms with Crippen LogP contribution in [0.5, 0.6) is 0 Å².